The van der Waals surface area contributed by atoms with Gasteiger partial charge in [-0.2, -0.15) is 0 Å². The molecule has 0 aliphatic carbocycles. The van der Waals surface area contributed by atoms with Crippen molar-refractivity contribution >= 4 is 5.82 Å². The monoisotopic (exact) mass is 250 g/mol. The van der Waals surface area contributed by atoms with Gasteiger partial charge in [0.15, 0.2) is 5.82 Å². The lowest BCUT2D eigenvalue weighted by atomic mass is 9.99. The second-order valence-electron chi connectivity index (χ2n) is 4.92. The summed E-state index contributed by atoms with van der Waals surface area (Å²) in [6, 6.07) is 0. The van der Waals surface area contributed by atoms with Gasteiger partial charge in [0.2, 0.25) is 0 Å². The summed E-state index contributed by atoms with van der Waals surface area (Å²) in [4.78, 5) is 18.4. The summed E-state index contributed by atoms with van der Waals surface area (Å²) in [7, 11) is 1.77. The minimum absolute atomic E-state index is 0.0110. The van der Waals surface area contributed by atoms with Gasteiger partial charge in [-0.05, 0) is 38.8 Å². The van der Waals surface area contributed by atoms with Crippen LogP contribution >= 0.6 is 0 Å². The van der Waals surface area contributed by atoms with Crippen LogP contribution in [-0.2, 0) is 7.05 Å². The molecule has 0 spiro atoms. The first-order valence-electron chi connectivity index (χ1n) is 6.69. The quantitative estimate of drug-likeness (QED) is 0.850. The van der Waals surface area contributed by atoms with Crippen LogP contribution in [0.4, 0.5) is 5.82 Å². The molecule has 1 N–H and O–H groups in total. The molecule has 0 aromatic carbocycles. The Kier molecular flexibility index (Phi) is 4.36. The van der Waals surface area contributed by atoms with Crippen LogP contribution in [-0.4, -0.2) is 35.7 Å². The van der Waals surface area contributed by atoms with Gasteiger partial charge in [0.1, 0.15) is 0 Å². The predicted octanol–water partition coefficient (Wildman–Crippen LogP) is 0.606. The molecule has 18 heavy (non-hydrogen) atoms. The summed E-state index contributed by atoms with van der Waals surface area (Å²) in [6.07, 6.45) is 5.85. The number of anilines is 1. The Morgan fingerprint density at radius 3 is 3.11 bits per heavy atom. The van der Waals surface area contributed by atoms with Crippen molar-refractivity contribution in [1.29, 1.82) is 0 Å². The predicted molar refractivity (Wildman–Crippen MR) is 73.0 cm³/mol. The fraction of sp³-hybridized carbons (Fsp3) is 0.692. The van der Waals surface area contributed by atoms with Crippen molar-refractivity contribution in [2.45, 2.75) is 19.8 Å². The van der Waals surface area contributed by atoms with Crippen LogP contribution in [0, 0.1) is 5.92 Å². The average molecular weight is 250 g/mol. The van der Waals surface area contributed by atoms with Gasteiger partial charge in [-0.3, -0.25) is 4.79 Å². The first kappa shape index (κ1) is 13.1. The number of nitrogens with one attached hydrogen (secondary N) is 1. The normalized spacial score (nSPS) is 19.8. The van der Waals surface area contributed by atoms with Crippen molar-refractivity contribution in [2.24, 2.45) is 13.0 Å². The summed E-state index contributed by atoms with van der Waals surface area (Å²) in [5.41, 5.74) is -0.0110. The second-order valence-corrected chi connectivity index (χ2v) is 4.92. The van der Waals surface area contributed by atoms with E-state index < -0.39 is 0 Å². The van der Waals surface area contributed by atoms with E-state index in [1.807, 2.05) is 0 Å². The zero-order valence-electron chi connectivity index (χ0n) is 11.2. The molecule has 1 saturated heterocycles. The SMILES string of the molecule is CCN(CC1CCCNC1)c1nccn(C)c1=O. The van der Waals surface area contributed by atoms with E-state index in [0.29, 0.717) is 11.7 Å². The number of hydrogen-bond acceptors (Lipinski definition) is 4. The molecule has 2 rings (SSSR count). The van der Waals surface area contributed by atoms with Gasteiger partial charge in [-0.15, -0.1) is 0 Å². The molecule has 0 radical (unpaired) electrons. The molecule has 1 aromatic rings. The summed E-state index contributed by atoms with van der Waals surface area (Å²) >= 11 is 0. The molecular weight excluding hydrogens is 228 g/mol. The third-order valence-electron chi connectivity index (χ3n) is 3.56. The number of rotatable bonds is 4. The van der Waals surface area contributed by atoms with E-state index in [0.717, 1.165) is 26.2 Å². The van der Waals surface area contributed by atoms with Crippen molar-refractivity contribution in [3.05, 3.63) is 22.7 Å². The fourth-order valence-corrected chi connectivity index (χ4v) is 2.46. The van der Waals surface area contributed by atoms with Crippen LogP contribution in [0.2, 0.25) is 0 Å². The molecular formula is C13H22N4O. The lowest BCUT2D eigenvalue weighted by molar-refractivity contribution is 0.377. The molecule has 1 fully saturated rings. The van der Waals surface area contributed by atoms with Crippen molar-refractivity contribution in [3.63, 3.8) is 0 Å². The Morgan fingerprint density at radius 2 is 2.44 bits per heavy atom. The van der Waals surface area contributed by atoms with E-state index in [1.54, 1.807) is 24.0 Å². The summed E-state index contributed by atoms with van der Waals surface area (Å²) in [5.74, 6) is 1.19. The molecule has 100 valence electrons. The Balaban J connectivity index is 2.12. The number of piperidine rings is 1. The van der Waals surface area contributed by atoms with E-state index in [4.69, 9.17) is 0 Å². The van der Waals surface area contributed by atoms with E-state index >= 15 is 0 Å². The summed E-state index contributed by atoms with van der Waals surface area (Å²) < 4.78 is 1.59. The Morgan fingerprint density at radius 1 is 1.61 bits per heavy atom. The van der Waals surface area contributed by atoms with E-state index in [2.05, 4.69) is 22.1 Å². The molecule has 1 aliphatic heterocycles. The molecule has 0 bridgehead atoms. The minimum Gasteiger partial charge on any atom is -0.352 e. The molecule has 0 amide bonds. The maximum absolute atomic E-state index is 12.1. The fourth-order valence-electron chi connectivity index (χ4n) is 2.46. The molecule has 2 heterocycles. The van der Waals surface area contributed by atoms with Crippen molar-refractivity contribution in [1.82, 2.24) is 14.9 Å². The highest BCUT2D eigenvalue weighted by molar-refractivity contribution is 5.35. The molecule has 1 unspecified atom stereocenters. The van der Waals surface area contributed by atoms with E-state index in [9.17, 15) is 4.79 Å². The van der Waals surface area contributed by atoms with Gasteiger partial charge >= 0.3 is 0 Å². The van der Waals surface area contributed by atoms with Crippen molar-refractivity contribution in [3.8, 4) is 0 Å². The summed E-state index contributed by atoms with van der Waals surface area (Å²) in [5, 5.41) is 3.41. The Labute approximate surface area is 108 Å². The third-order valence-corrected chi connectivity index (χ3v) is 3.56. The highest BCUT2D eigenvalue weighted by atomic mass is 16.1. The zero-order valence-corrected chi connectivity index (χ0v) is 11.2. The molecule has 1 aliphatic rings. The van der Waals surface area contributed by atoms with Crippen LogP contribution in [0.5, 0.6) is 0 Å². The van der Waals surface area contributed by atoms with E-state index in [1.165, 1.54) is 12.8 Å². The molecule has 1 aromatic heterocycles. The summed E-state index contributed by atoms with van der Waals surface area (Å²) in [6.45, 7) is 5.97. The Hall–Kier alpha value is -1.36. The standard InChI is InChI=1S/C13H22N4O/c1-3-17(10-11-5-4-6-14-9-11)12-13(18)16(2)8-7-15-12/h7-8,11,14H,3-6,9-10H2,1-2H3. The largest absolute Gasteiger partial charge is 0.352 e. The molecule has 5 nitrogen and oxygen atoms in total. The number of aryl methyl sites for hydroxylation is 1. The number of nitrogens with zero attached hydrogens (tertiary/aromatic N) is 3. The minimum atomic E-state index is -0.0110. The molecule has 1 atom stereocenters. The van der Waals surface area contributed by atoms with Crippen LogP contribution in [0.3, 0.4) is 0 Å². The van der Waals surface area contributed by atoms with Crippen LogP contribution in [0.1, 0.15) is 19.8 Å². The highest BCUT2D eigenvalue weighted by Gasteiger charge is 2.19. The highest BCUT2D eigenvalue weighted by Crippen LogP contribution is 2.14. The zero-order chi connectivity index (χ0) is 13.0. The van der Waals surface area contributed by atoms with Gasteiger partial charge in [0.05, 0.1) is 0 Å². The van der Waals surface area contributed by atoms with Gasteiger partial charge < -0.3 is 14.8 Å². The van der Waals surface area contributed by atoms with E-state index in [-0.39, 0.29) is 5.56 Å². The van der Waals surface area contributed by atoms with Gasteiger partial charge in [-0.25, -0.2) is 4.98 Å². The van der Waals surface area contributed by atoms with Crippen molar-refractivity contribution in [2.75, 3.05) is 31.1 Å². The smallest absolute Gasteiger partial charge is 0.293 e. The van der Waals surface area contributed by atoms with Crippen LogP contribution < -0.4 is 15.8 Å². The molecule has 5 heteroatoms. The van der Waals surface area contributed by atoms with Gasteiger partial charge in [0, 0.05) is 32.5 Å². The Bertz CT molecular complexity index is 437. The third kappa shape index (κ3) is 2.90. The maximum atomic E-state index is 12.1. The number of aromatic nitrogens is 2. The lowest BCUT2D eigenvalue weighted by Crippen LogP contribution is -2.41. The van der Waals surface area contributed by atoms with Crippen LogP contribution in [0.25, 0.3) is 0 Å². The van der Waals surface area contributed by atoms with Crippen molar-refractivity contribution < 1.29 is 0 Å². The first-order valence-corrected chi connectivity index (χ1v) is 6.69. The second kappa shape index (κ2) is 6.00. The topological polar surface area (TPSA) is 50.2 Å². The van der Waals surface area contributed by atoms with Gasteiger partial charge in [-0.1, -0.05) is 0 Å². The van der Waals surface area contributed by atoms with Gasteiger partial charge in [0.25, 0.3) is 5.56 Å². The lowest BCUT2D eigenvalue weighted by Gasteiger charge is -2.29. The molecule has 0 saturated carbocycles. The number of hydrogen-bond donors (Lipinski definition) is 1. The average Bonchev–Trinajstić information content (AvgIpc) is 2.41. The van der Waals surface area contributed by atoms with Crippen LogP contribution in [0.15, 0.2) is 17.2 Å². The maximum Gasteiger partial charge on any atom is 0.293 e. The first-order chi connectivity index (χ1) is 8.72.